The summed E-state index contributed by atoms with van der Waals surface area (Å²) in [5.74, 6) is 1.19. The summed E-state index contributed by atoms with van der Waals surface area (Å²) >= 11 is 0. The Labute approximate surface area is 156 Å². The molecular weight excluding hydrogens is 340 g/mol. The van der Waals surface area contributed by atoms with Crippen molar-refractivity contribution >= 4 is 17.0 Å². The van der Waals surface area contributed by atoms with E-state index in [-0.39, 0.29) is 5.91 Å². The van der Waals surface area contributed by atoms with Crippen LogP contribution in [0.1, 0.15) is 15.9 Å². The lowest BCUT2D eigenvalue weighted by molar-refractivity contribution is 0.0951. The van der Waals surface area contributed by atoms with Crippen molar-refractivity contribution in [2.45, 2.75) is 6.54 Å². The predicted octanol–water partition coefficient (Wildman–Crippen LogP) is 4.43. The Kier molecular flexibility index (Phi) is 4.58. The first-order valence-corrected chi connectivity index (χ1v) is 8.60. The second kappa shape index (κ2) is 7.33. The Bertz CT molecular complexity index is 1030. The third-order valence-corrected chi connectivity index (χ3v) is 4.30. The van der Waals surface area contributed by atoms with E-state index < -0.39 is 0 Å². The molecule has 0 bridgehead atoms. The van der Waals surface area contributed by atoms with E-state index in [9.17, 15) is 4.79 Å². The van der Waals surface area contributed by atoms with E-state index >= 15 is 0 Å². The van der Waals surface area contributed by atoms with E-state index in [0.29, 0.717) is 18.0 Å². The van der Waals surface area contributed by atoms with Gasteiger partial charge in [-0.1, -0.05) is 24.3 Å². The molecule has 5 heteroatoms. The largest absolute Gasteiger partial charge is 0.497 e. The lowest BCUT2D eigenvalue weighted by Gasteiger charge is -2.07. The van der Waals surface area contributed by atoms with Crippen LogP contribution < -0.4 is 10.1 Å². The van der Waals surface area contributed by atoms with Crippen molar-refractivity contribution in [1.29, 1.82) is 0 Å². The minimum absolute atomic E-state index is 0.124. The van der Waals surface area contributed by atoms with E-state index in [0.717, 1.165) is 28.0 Å². The number of methoxy groups -OCH3 is 1. The van der Waals surface area contributed by atoms with Crippen molar-refractivity contribution < 1.29 is 13.9 Å². The highest BCUT2D eigenvalue weighted by molar-refractivity contribution is 5.94. The Morgan fingerprint density at radius 3 is 2.44 bits per heavy atom. The minimum atomic E-state index is -0.124. The Morgan fingerprint density at radius 1 is 1.00 bits per heavy atom. The first-order chi connectivity index (χ1) is 13.2. The van der Waals surface area contributed by atoms with Gasteiger partial charge in [-0.3, -0.25) is 4.79 Å². The molecule has 27 heavy (non-hydrogen) atoms. The summed E-state index contributed by atoms with van der Waals surface area (Å²) in [7, 11) is 1.60. The van der Waals surface area contributed by atoms with Crippen molar-refractivity contribution in [3.63, 3.8) is 0 Å². The van der Waals surface area contributed by atoms with Crippen molar-refractivity contribution in [3.8, 4) is 17.2 Å². The van der Waals surface area contributed by atoms with Gasteiger partial charge in [-0.05, 0) is 54.1 Å². The van der Waals surface area contributed by atoms with Gasteiger partial charge in [0.15, 0.2) is 5.58 Å². The van der Waals surface area contributed by atoms with Gasteiger partial charge in [-0.2, -0.15) is 0 Å². The molecule has 0 aliphatic carbocycles. The van der Waals surface area contributed by atoms with Crippen LogP contribution in [0.4, 0.5) is 0 Å². The van der Waals surface area contributed by atoms with E-state index in [4.69, 9.17) is 9.15 Å². The normalized spacial score (nSPS) is 10.7. The molecule has 4 aromatic rings. The number of benzene rings is 3. The number of carbonyl (C=O) groups is 1. The molecule has 0 unspecified atom stereocenters. The van der Waals surface area contributed by atoms with E-state index in [1.54, 1.807) is 31.4 Å². The molecule has 1 aromatic heterocycles. The summed E-state index contributed by atoms with van der Waals surface area (Å²) in [6.07, 6.45) is 0. The summed E-state index contributed by atoms with van der Waals surface area (Å²) in [6.45, 7) is 0.443. The number of para-hydroxylation sites is 2. The number of hydrogen-bond donors (Lipinski definition) is 1. The number of nitrogens with one attached hydrogen (secondary N) is 1. The Balaban J connectivity index is 1.42. The molecule has 1 amide bonds. The van der Waals surface area contributed by atoms with Crippen LogP contribution in [0.25, 0.3) is 22.6 Å². The first-order valence-electron chi connectivity index (χ1n) is 8.60. The lowest BCUT2D eigenvalue weighted by Crippen LogP contribution is -2.22. The molecule has 0 radical (unpaired) electrons. The average Bonchev–Trinajstić information content (AvgIpc) is 3.17. The number of aromatic nitrogens is 1. The smallest absolute Gasteiger partial charge is 0.251 e. The Morgan fingerprint density at radius 2 is 1.74 bits per heavy atom. The molecule has 0 aliphatic rings. The van der Waals surface area contributed by atoms with Crippen LogP contribution in [0.5, 0.6) is 5.75 Å². The fourth-order valence-corrected chi connectivity index (χ4v) is 2.79. The molecule has 0 saturated carbocycles. The summed E-state index contributed by atoms with van der Waals surface area (Å²) in [5.41, 5.74) is 4.10. The molecule has 0 spiro atoms. The third kappa shape index (κ3) is 3.67. The Hall–Kier alpha value is -3.60. The average molecular weight is 358 g/mol. The van der Waals surface area contributed by atoms with Gasteiger partial charge in [0.1, 0.15) is 11.3 Å². The molecular formula is C22H18N2O3. The molecule has 1 N–H and O–H groups in total. The standard InChI is InChI=1S/C22H18N2O3/c1-26-18-12-10-16(11-13-18)21(25)23-14-15-6-8-17(9-7-15)22-24-19-4-2-3-5-20(19)27-22/h2-13H,14H2,1H3,(H,23,25). The van der Waals surface area contributed by atoms with Crippen molar-refractivity contribution in [3.05, 3.63) is 83.9 Å². The van der Waals surface area contributed by atoms with Gasteiger partial charge >= 0.3 is 0 Å². The minimum Gasteiger partial charge on any atom is -0.497 e. The highest BCUT2D eigenvalue weighted by Gasteiger charge is 2.09. The number of fused-ring (bicyclic) bond motifs is 1. The topological polar surface area (TPSA) is 64.4 Å². The first kappa shape index (κ1) is 16.8. The van der Waals surface area contributed by atoms with Gasteiger partial charge < -0.3 is 14.5 Å². The number of rotatable bonds is 5. The summed E-state index contributed by atoms with van der Waals surface area (Å²) in [5, 5.41) is 2.91. The van der Waals surface area contributed by atoms with Crippen LogP contribution in [-0.4, -0.2) is 18.0 Å². The second-order valence-corrected chi connectivity index (χ2v) is 6.09. The molecule has 134 valence electrons. The van der Waals surface area contributed by atoms with Gasteiger partial charge in [-0.25, -0.2) is 4.98 Å². The fourth-order valence-electron chi connectivity index (χ4n) is 2.79. The molecule has 5 nitrogen and oxygen atoms in total. The molecule has 0 aliphatic heterocycles. The number of nitrogens with zero attached hydrogens (tertiary/aromatic N) is 1. The van der Waals surface area contributed by atoms with Crippen molar-refractivity contribution in [2.24, 2.45) is 0 Å². The number of oxazole rings is 1. The van der Waals surface area contributed by atoms with Crippen molar-refractivity contribution in [1.82, 2.24) is 10.3 Å². The zero-order chi connectivity index (χ0) is 18.6. The zero-order valence-electron chi connectivity index (χ0n) is 14.8. The van der Waals surface area contributed by atoms with Crippen molar-refractivity contribution in [2.75, 3.05) is 7.11 Å². The number of amides is 1. The summed E-state index contributed by atoms with van der Waals surface area (Å²) in [6, 6.07) is 22.5. The molecule has 1 heterocycles. The van der Waals surface area contributed by atoms with Gasteiger partial charge in [0.25, 0.3) is 5.91 Å². The summed E-state index contributed by atoms with van der Waals surface area (Å²) < 4.78 is 10.9. The van der Waals surface area contributed by atoms with Crippen LogP contribution in [0.3, 0.4) is 0 Å². The number of hydrogen-bond acceptors (Lipinski definition) is 4. The van der Waals surface area contributed by atoms with Crippen LogP contribution in [0.15, 0.2) is 77.2 Å². The molecule has 0 fully saturated rings. The van der Waals surface area contributed by atoms with Gasteiger partial charge in [-0.15, -0.1) is 0 Å². The SMILES string of the molecule is COc1ccc(C(=O)NCc2ccc(-c3nc4ccccc4o3)cc2)cc1. The molecule has 3 aromatic carbocycles. The molecule has 0 saturated heterocycles. The quantitative estimate of drug-likeness (QED) is 0.573. The van der Waals surface area contributed by atoms with Crippen LogP contribution >= 0.6 is 0 Å². The van der Waals surface area contributed by atoms with E-state index in [2.05, 4.69) is 10.3 Å². The lowest BCUT2D eigenvalue weighted by atomic mass is 10.1. The van der Waals surface area contributed by atoms with Gasteiger partial charge in [0.2, 0.25) is 5.89 Å². The van der Waals surface area contributed by atoms with Crippen LogP contribution in [0.2, 0.25) is 0 Å². The second-order valence-electron chi connectivity index (χ2n) is 6.09. The van der Waals surface area contributed by atoms with E-state index in [1.807, 2.05) is 48.5 Å². The predicted molar refractivity (Wildman–Crippen MR) is 104 cm³/mol. The fraction of sp³-hybridized carbons (Fsp3) is 0.0909. The van der Waals surface area contributed by atoms with Crippen LogP contribution in [-0.2, 0) is 6.54 Å². The maximum absolute atomic E-state index is 12.2. The molecule has 0 atom stereocenters. The number of ether oxygens (including phenoxy) is 1. The van der Waals surface area contributed by atoms with Crippen LogP contribution in [0, 0.1) is 0 Å². The zero-order valence-corrected chi connectivity index (χ0v) is 14.8. The maximum Gasteiger partial charge on any atom is 0.251 e. The van der Waals surface area contributed by atoms with E-state index in [1.165, 1.54) is 0 Å². The maximum atomic E-state index is 12.2. The van der Waals surface area contributed by atoms with Gasteiger partial charge in [0, 0.05) is 17.7 Å². The highest BCUT2D eigenvalue weighted by atomic mass is 16.5. The third-order valence-electron chi connectivity index (χ3n) is 4.30. The van der Waals surface area contributed by atoms with Gasteiger partial charge in [0.05, 0.1) is 7.11 Å². The number of carbonyl (C=O) groups excluding carboxylic acids is 1. The summed E-state index contributed by atoms with van der Waals surface area (Å²) in [4.78, 5) is 16.7. The highest BCUT2D eigenvalue weighted by Crippen LogP contribution is 2.24. The molecule has 4 rings (SSSR count). The monoisotopic (exact) mass is 358 g/mol.